The second kappa shape index (κ2) is 8.62. The van der Waals surface area contributed by atoms with Crippen molar-refractivity contribution in [2.45, 2.75) is 11.5 Å². The maximum atomic E-state index is 13.6. The average Bonchev–Trinajstić information content (AvgIpc) is 3.39. The van der Waals surface area contributed by atoms with Crippen LogP contribution in [-0.2, 0) is 18.6 Å². The number of nitrogens with one attached hydrogen (secondary N) is 1. The van der Waals surface area contributed by atoms with Gasteiger partial charge < -0.3 is 5.32 Å². The number of aromatic nitrogens is 4. The molecule has 0 unspecified atom stereocenters. The third-order valence-corrected chi connectivity index (χ3v) is 5.29. The van der Waals surface area contributed by atoms with Crippen LogP contribution in [0, 0.1) is 0 Å². The number of anilines is 1. The van der Waals surface area contributed by atoms with Crippen molar-refractivity contribution < 1.29 is 18.0 Å². The van der Waals surface area contributed by atoms with Crippen LogP contribution < -0.4 is 5.32 Å². The largest absolute Gasteiger partial charge is 0.417 e. The monoisotopic (exact) mass is 503 g/mol. The third-order valence-electron chi connectivity index (χ3n) is 4.72. The van der Waals surface area contributed by atoms with Crippen LogP contribution in [0.1, 0.15) is 21.6 Å². The zero-order valence-corrected chi connectivity index (χ0v) is 18.4. The van der Waals surface area contributed by atoms with E-state index in [1.54, 1.807) is 24.0 Å². The number of benzene rings is 2. The molecule has 0 bridgehead atoms. The van der Waals surface area contributed by atoms with Gasteiger partial charge in [0.1, 0.15) is 5.82 Å². The molecule has 32 heavy (non-hydrogen) atoms. The Morgan fingerprint density at radius 3 is 2.44 bits per heavy atom. The second-order valence-electron chi connectivity index (χ2n) is 6.99. The molecule has 0 atom stereocenters. The first-order valence-corrected chi connectivity index (χ1v) is 10.6. The Hall–Kier alpha value is -3.40. The quantitative estimate of drug-likeness (QED) is 0.369. The molecule has 0 aliphatic heterocycles. The Morgan fingerprint density at radius 1 is 1.06 bits per heavy atom. The lowest BCUT2D eigenvalue weighted by atomic mass is 10.0. The number of para-hydroxylation sites is 1. The summed E-state index contributed by atoms with van der Waals surface area (Å²) in [6.07, 6.45) is -3.04. The van der Waals surface area contributed by atoms with Crippen molar-refractivity contribution in [3.8, 4) is 16.9 Å². The fraction of sp³-hybridized carbons (Fsp3) is 0.136. The Balaban J connectivity index is 1.71. The lowest BCUT2D eigenvalue weighted by Gasteiger charge is -2.14. The number of carbonyl (C=O) groups is 1. The van der Waals surface area contributed by atoms with E-state index in [1.165, 1.54) is 16.8 Å². The van der Waals surface area contributed by atoms with Crippen molar-refractivity contribution in [1.29, 1.82) is 0 Å². The number of hydrogen-bond acceptors (Lipinski definition) is 3. The van der Waals surface area contributed by atoms with Gasteiger partial charge >= 0.3 is 6.18 Å². The molecule has 4 aromatic rings. The van der Waals surface area contributed by atoms with E-state index in [0.29, 0.717) is 16.8 Å². The van der Waals surface area contributed by atoms with Gasteiger partial charge in [0.25, 0.3) is 5.91 Å². The van der Waals surface area contributed by atoms with Crippen molar-refractivity contribution in [2.24, 2.45) is 7.05 Å². The molecule has 164 valence electrons. The highest BCUT2D eigenvalue weighted by atomic mass is 79.9. The molecule has 0 spiro atoms. The number of rotatable bonds is 5. The Labute approximate surface area is 189 Å². The molecule has 2 aromatic heterocycles. The number of carbonyl (C=O) groups excluding carboxylic acids is 1. The zero-order chi connectivity index (χ0) is 22.9. The summed E-state index contributed by atoms with van der Waals surface area (Å²) in [7, 11) is 1.61. The molecule has 4 rings (SSSR count). The summed E-state index contributed by atoms with van der Waals surface area (Å²) in [4.78, 5) is 13.0. The lowest BCUT2D eigenvalue weighted by molar-refractivity contribution is -0.137. The average molecular weight is 504 g/mol. The van der Waals surface area contributed by atoms with E-state index >= 15 is 0 Å². The van der Waals surface area contributed by atoms with Crippen LogP contribution in [0.3, 0.4) is 0 Å². The third kappa shape index (κ3) is 4.45. The Bertz CT molecular complexity index is 1260. The van der Waals surface area contributed by atoms with Crippen LogP contribution in [0.2, 0.25) is 0 Å². The predicted molar refractivity (Wildman–Crippen MR) is 118 cm³/mol. The van der Waals surface area contributed by atoms with Crippen LogP contribution in [0.4, 0.5) is 19.0 Å². The normalized spacial score (nSPS) is 11.5. The van der Waals surface area contributed by atoms with Gasteiger partial charge in [-0.1, -0.05) is 34.1 Å². The van der Waals surface area contributed by atoms with E-state index in [0.717, 1.165) is 17.8 Å². The highest BCUT2D eigenvalue weighted by Gasteiger charge is 2.34. The lowest BCUT2D eigenvalue weighted by Crippen LogP contribution is -2.16. The first kappa shape index (κ1) is 21.8. The van der Waals surface area contributed by atoms with Crippen LogP contribution in [0.25, 0.3) is 16.9 Å². The SMILES string of the molecule is Cn1ccc(-c2cc(C(=O)Nc3cc(CBr)nn3-c3ccccc3)ccc2C(F)(F)F)n1. The van der Waals surface area contributed by atoms with Crippen LogP contribution in [-0.4, -0.2) is 25.5 Å². The number of alkyl halides is 4. The van der Waals surface area contributed by atoms with Gasteiger partial charge in [-0.05, 0) is 36.4 Å². The number of halogens is 4. The molecule has 0 fully saturated rings. The van der Waals surface area contributed by atoms with E-state index in [1.807, 2.05) is 30.3 Å². The molecular weight excluding hydrogens is 487 g/mol. The van der Waals surface area contributed by atoms with Crippen molar-refractivity contribution >= 4 is 27.7 Å². The maximum absolute atomic E-state index is 13.6. The standard InChI is InChI=1S/C22H17BrF3N5O/c1-30-10-9-19(29-30)17-11-14(7-8-18(17)22(24,25)26)21(32)27-20-12-15(13-23)28-31(20)16-5-3-2-4-6-16/h2-12H,13H2,1H3,(H,27,32). The fourth-order valence-electron chi connectivity index (χ4n) is 3.24. The number of amides is 1. The minimum atomic E-state index is -4.58. The molecule has 10 heteroatoms. The van der Waals surface area contributed by atoms with E-state index in [4.69, 9.17) is 0 Å². The molecule has 0 saturated carbocycles. The summed E-state index contributed by atoms with van der Waals surface area (Å²) in [6, 6.07) is 15.6. The van der Waals surface area contributed by atoms with Gasteiger partial charge in [0.05, 0.1) is 22.6 Å². The molecule has 6 nitrogen and oxygen atoms in total. The molecule has 0 radical (unpaired) electrons. The number of aryl methyl sites for hydroxylation is 1. The van der Waals surface area contributed by atoms with Gasteiger partial charge in [-0.25, -0.2) is 4.68 Å². The summed E-state index contributed by atoms with van der Waals surface area (Å²) in [5.41, 5.74) is 0.597. The molecule has 2 heterocycles. The minimum absolute atomic E-state index is 0.0693. The van der Waals surface area contributed by atoms with Crippen LogP contribution in [0.15, 0.2) is 66.9 Å². The summed E-state index contributed by atoms with van der Waals surface area (Å²) in [5.74, 6) is -0.163. The van der Waals surface area contributed by atoms with Crippen molar-refractivity contribution in [1.82, 2.24) is 19.6 Å². The highest BCUT2D eigenvalue weighted by Crippen LogP contribution is 2.37. The number of nitrogens with zero attached hydrogens (tertiary/aromatic N) is 4. The molecule has 0 aliphatic carbocycles. The van der Waals surface area contributed by atoms with Crippen molar-refractivity contribution in [3.63, 3.8) is 0 Å². The molecular formula is C22H17BrF3N5O. The fourth-order valence-corrected chi connectivity index (χ4v) is 3.52. The first-order valence-electron chi connectivity index (χ1n) is 9.49. The van der Waals surface area contributed by atoms with Crippen molar-refractivity contribution in [2.75, 3.05) is 5.32 Å². The summed E-state index contributed by atoms with van der Waals surface area (Å²) in [5, 5.41) is 11.8. The van der Waals surface area contributed by atoms with Crippen LogP contribution in [0.5, 0.6) is 0 Å². The van der Waals surface area contributed by atoms with Crippen LogP contribution >= 0.6 is 15.9 Å². The Kier molecular flexibility index (Phi) is 5.88. The van der Waals surface area contributed by atoms with Gasteiger partial charge in [-0.2, -0.15) is 23.4 Å². The van der Waals surface area contributed by atoms with Gasteiger partial charge in [-0.3, -0.25) is 9.48 Å². The molecule has 1 N–H and O–H groups in total. The topological polar surface area (TPSA) is 64.7 Å². The van der Waals surface area contributed by atoms with Gasteiger partial charge in [0, 0.05) is 35.8 Å². The summed E-state index contributed by atoms with van der Waals surface area (Å²) >= 11 is 3.35. The van der Waals surface area contributed by atoms with Crippen molar-refractivity contribution in [3.05, 3.63) is 83.7 Å². The molecule has 2 aromatic carbocycles. The molecule has 0 saturated heterocycles. The first-order chi connectivity index (χ1) is 15.3. The minimum Gasteiger partial charge on any atom is -0.306 e. The van der Waals surface area contributed by atoms with Gasteiger partial charge in [-0.15, -0.1) is 0 Å². The summed E-state index contributed by atoms with van der Waals surface area (Å²) in [6.45, 7) is 0. The Morgan fingerprint density at radius 2 is 1.81 bits per heavy atom. The van der Waals surface area contributed by atoms with Gasteiger partial charge in [0.15, 0.2) is 0 Å². The zero-order valence-electron chi connectivity index (χ0n) is 16.8. The second-order valence-corrected chi connectivity index (χ2v) is 7.55. The molecule has 1 amide bonds. The highest BCUT2D eigenvalue weighted by molar-refractivity contribution is 9.08. The van der Waals surface area contributed by atoms with Gasteiger partial charge in [0.2, 0.25) is 0 Å². The molecule has 0 aliphatic rings. The van der Waals surface area contributed by atoms with E-state index in [-0.39, 0.29) is 16.8 Å². The van der Waals surface area contributed by atoms with E-state index in [2.05, 4.69) is 31.4 Å². The smallest absolute Gasteiger partial charge is 0.306 e. The number of hydrogen-bond donors (Lipinski definition) is 1. The van der Waals surface area contributed by atoms with E-state index in [9.17, 15) is 18.0 Å². The maximum Gasteiger partial charge on any atom is 0.417 e. The van der Waals surface area contributed by atoms with E-state index < -0.39 is 17.6 Å². The summed E-state index contributed by atoms with van der Waals surface area (Å²) < 4.78 is 43.6. The predicted octanol–water partition coefficient (Wildman–Crippen LogP) is 5.44.